The van der Waals surface area contributed by atoms with E-state index in [0.717, 1.165) is 51.9 Å². The van der Waals surface area contributed by atoms with Crippen molar-refractivity contribution in [3.05, 3.63) is 45.7 Å². The third-order valence-electron chi connectivity index (χ3n) is 4.96. The smallest absolute Gasteiger partial charge is 0.271 e. The molecule has 0 atom stereocenters. The Morgan fingerprint density at radius 1 is 1.31 bits per heavy atom. The second kappa shape index (κ2) is 7.82. The van der Waals surface area contributed by atoms with Gasteiger partial charge in [-0.1, -0.05) is 15.9 Å². The first-order valence-corrected chi connectivity index (χ1v) is 10.1. The van der Waals surface area contributed by atoms with Crippen LogP contribution >= 0.6 is 15.9 Å². The summed E-state index contributed by atoms with van der Waals surface area (Å²) in [5.41, 5.74) is 4.86. The highest BCUT2D eigenvalue weighted by atomic mass is 79.9. The van der Waals surface area contributed by atoms with Crippen LogP contribution in [0.1, 0.15) is 28.0 Å². The number of rotatable bonds is 4. The second-order valence-corrected chi connectivity index (χ2v) is 7.68. The lowest BCUT2D eigenvalue weighted by Crippen LogP contribution is -2.20. The van der Waals surface area contributed by atoms with Crippen molar-refractivity contribution in [1.82, 2.24) is 25.1 Å². The molecule has 9 heteroatoms. The van der Waals surface area contributed by atoms with Gasteiger partial charge in [-0.3, -0.25) is 9.48 Å². The zero-order valence-electron chi connectivity index (χ0n) is 16.4. The number of amides is 1. The minimum Gasteiger partial charge on any atom is -0.495 e. The molecule has 29 heavy (non-hydrogen) atoms. The highest BCUT2D eigenvalue weighted by molar-refractivity contribution is 9.10. The predicted octanol–water partition coefficient (Wildman–Crippen LogP) is 3.24. The average molecular weight is 457 g/mol. The van der Waals surface area contributed by atoms with E-state index >= 15 is 0 Å². The van der Waals surface area contributed by atoms with Crippen molar-refractivity contribution in [2.45, 2.75) is 19.3 Å². The third kappa shape index (κ3) is 3.57. The number of carbonyl (C=O) groups excluding carboxylic acids is 1. The van der Waals surface area contributed by atoms with Gasteiger partial charge in [0.05, 0.1) is 24.2 Å². The SMILES string of the molecule is CNC(=O)c1nn(C)c2c1CCCc1cnc(Nc3ccc(Br)cc3OC)nc1-2. The molecule has 4 rings (SSSR count). The molecule has 0 spiro atoms. The maximum atomic E-state index is 12.3. The Morgan fingerprint density at radius 2 is 2.14 bits per heavy atom. The maximum absolute atomic E-state index is 12.3. The summed E-state index contributed by atoms with van der Waals surface area (Å²) in [6.07, 6.45) is 4.37. The van der Waals surface area contributed by atoms with Crippen LogP contribution in [0.15, 0.2) is 28.9 Å². The molecule has 8 nitrogen and oxygen atoms in total. The van der Waals surface area contributed by atoms with Gasteiger partial charge in [-0.2, -0.15) is 5.10 Å². The first-order chi connectivity index (χ1) is 14.0. The number of hydrogen-bond donors (Lipinski definition) is 2. The van der Waals surface area contributed by atoms with Crippen LogP contribution in [0.3, 0.4) is 0 Å². The summed E-state index contributed by atoms with van der Waals surface area (Å²) in [6.45, 7) is 0. The Hall–Kier alpha value is -2.94. The summed E-state index contributed by atoms with van der Waals surface area (Å²) in [4.78, 5) is 21.6. The molecular weight excluding hydrogens is 436 g/mol. The van der Waals surface area contributed by atoms with Crippen LogP contribution in [0.25, 0.3) is 11.4 Å². The molecule has 1 aliphatic rings. The van der Waals surface area contributed by atoms with Gasteiger partial charge in [0.15, 0.2) is 5.69 Å². The first-order valence-electron chi connectivity index (χ1n) is 9.26. The minimum atomic E-state index is -0.183. The van der Waals surface area contributed by atoms with E-state index in [9.17, 15) is 4.79 Å². The summed E-state index contributed by atoms with van der Waals surface area (Å²) in [7, 11) is 5.07. The number of aryl methyl sites for hydroxylation is 2. The van der Waals surface area contributed by atoms with E-state index in [4.69, 9.17) is 9.72 Å². The van der Waals surface area contributed by atoms with E-state index in [0.29, 0.717) is 17.4 Å². The zero-order chi connectivity index (χ0) is 20.5. The van der Waals surface area contributed by atoms with Crippen LogP contribution in [-0.2, 0) is 19.9 Å². The molecule has 0 aliphatic heterocycles. The molecule has 0 bridgehead atoms. The Kier molecular flexibility index (Phi) is 5.23. The molecule has 0 radical (unpaired) electrons. The lowest BCUT2D eigenvalue weighted by Gasteiger charge is -2.13. The molecule has 2 aromatic heterocycles. The van der Waals surface area contributed by atoms with Crippen molar-refractivity contribution in [1.29, 1.82) is 0 Å². The summed E-state index contributed by atoms with van der Waals surface area (Å²) < 4.78 is 8.10. The largest absolute Gasteiger partial charge is 0.495 e. The van der Waals surface area contributed by atoms with Crippen molar-refractivity contribution < 1.29 is 9.53 Å². The summed E-state index contributed by atoms with van der Waals surface area (Å²) >= 11 is 3.44. The number of aromatic nitrogens is 4. The fourth-order valence-corrected chi connectivity index (χ4v) is 3.94. The minimum absolute atomic E-state index is 0.183. The highest BCUT2D eigenvalue weighted by Crippen LogP contribution is 2.34. The normalized spacial score (nSPS) is 12.6. The number of halogens is 1. The van der Waals surface area contributed by atoms with E-state index in [2.05, 4.69) is 36.6 Å². The van der Waals surface area contributed by atoms with Gasteiger partial charge in [0, 0.05) is 30.3 Å². The fourth-order valence-electron chi connectivity index (χ4n) is 3.60. The van der Waals surface area contributed by atoms with E-state index in [1.165, 1.54) is 0 Å². The fraction of sp³-hybridized carbons (Fsp3) is 0.300. The van der Waals surface area contributed by atoms with E-state index in [1.54, 1.807) is 18.8 Å². The lowest BCUT2D eigenvalue weighted by atomic mass is 10.1. The van der Waals surface area contributed by atoms with Crippen LogP contribution < -0.4 is 15.4 Å². The van der Waals surface area contributed by atoms with Gasteiger partial charge in [-0.05, 0) is 43.0 Å². The molecule has 1 amide bonds. The highest BCUT2D eigenvalue weighted by Gasteiger charge is 2.27. The van der Waals surface area contributed by atoms with Gasteiger partial charge in [-0.15, -0.1) is 0 Å². The molecular formula is C20H21BrN6O2. The summed E-state index contributed by atoms with van der Waals surface area (Å²) in [6, 6.07) is 5.70. The Bertz CT molecular complexity index is 1090. The van der Waals surface area contributed by atoms with Crippen molar-refractivity contribution >= 4 is 33.5 Å². The molecule has 0 saturated heterocycles. The Balaban J connectivity index is 1.79. The summed E-state index contributed by atoms with van der Waals surface area (Å²) in [5, 5.41) is 10.4. The predicted molar refractivity (Wildman–Crippen MR) is 114 cm³/mol. The first kappa shape index (κ1) is 19.4. The van der Waals surface area contributed by atoms with Crippen molar-refractivity contribution in [3.63, 3.8) is 0 Å². The molecule has 0 unspecified atom stereocenters. The molecule has 0 saturated carbocycles. The number of fused-ring (bicyclic) bond motifs is 3. The summed E-state index contributed by atoms with van der Waals surface area (Å²) in [5.74, 6) is 0.957. The van der Waals surface area contributed by atoms with Crippen molar-refractivity contribution in [2.24, 2.45) is 7.05 Å². The van der Waals surface area contributed by atoms with Gasteiger partial charge < -0.3 is 15.4 Å². The topological polar surface area (TPSA) is 94.0 Å². The van der Waals surface area contributed by atoms with Gasteiger partial charge >= 0.3 is 0 Å². The Labute approximate surface area is 176 Å². The van der Waals surface area contributed by atoms with Crippen molar-refractivity contribution in [3.8, 4) is 17.1 Å². The molecule has 1 aromatic carbocycles. The van der Waals surface area contributed by atoms with Crippen LogP contribution in [0.5, 0.6) is 5.75 Å². The average Bonchev–Trinajstić information content (AvgIpc) is 2.93. The third-order valence-corrected chi connectivity index (χ3v) is 5.45. The van der Waals surface area contributed by atoms with Gasteiger partial charge in [0.1, 0.15) is 5.75 Å². The standard InChI is InChI=1S/C20H21BrN6O2/c1-22-19(28)17-13-6-4-5-11-10-23-20(25-16(11)18(13)27(2)26-17)24-14-8-7-12(21)9-15(14)29-3/h7-10H,4-6H2,1-3H3,(H,22,28)(H,23,24,25). The number of ether oxygens (including phenoxy) is 1. The zero-order valence-corrected chi connectivity index (χ0v) is 18.0. The van der Waals surface area contributed by atoms with E-state index < -0.39 is 0 Å². The number of benzene rings is 1. The van der Waals surface area contributed by atoms with E-state index in [1.807, 2.05) is 31.4 Å². The van der Waals surface area contributed by atoms with Crippen LogP contribution in [-0.4, -0.2) is 39.8 Å². The van der Waals surface area contributed by atoms with Crippen LogP contribution in [0, 0.1) is 0 Å². The molecule has 2 heterocycles. The number of hydrogen-bond acceptors (Lipinski definition) is 6. The van der Waals surface area contributed by atoms with Gasteiger partial charge in [-0.25, -0.2) is 9.97 Å². The molecule has 3 aromatic rings. The van der Waals surface area contributed by atoms with Crippen LogP contribution in [0.2, 0.25) is 0 Å². The van der Waals surface area contributed by atoms with Gasteiger partial charge in [0.25, 0.3) is 5.91 Å². The monoisotopic (exact) mass is 456 g/mol. The maximum Gasteiger partial charge on any atom is 0.271 e. The number of anilines is 2. The number of nitrogens with zero attached hydrogens (tertiary/aromatic N) is 4. The Morgan fingerprint density at radius 3 is 2.90 bits per heavy atom. The van der Waals surface area contributed by atoms with E-state index in [-0.39, 0.29) is 5.91 Å². The number of nitrogens with one attached hydrogen (secondary N) is 2. The quantitative estimate of drug-likeness (QED) is 0.625. The number of carbonyl (C=O) groups is 1. The van der Waals surface area contributed by atoms with Crippen LogP contribution in [0.4, 0.5) is 11.6 Å². The molecule has 1 aliphatic carbocycles. The lowest BCUT2D eigenvalue weighted by molar-refractivity contribution is 0.0956. The van der Waals surface area contributed by atoms with Crippen molar-refractivity contribution in [2.75, 3.05) is 19.5 Å². The molecule has 2 N–H and O–H groups in total. The van der Waals surface area contributed by atoms with Gasteiger partial charge in [0.2, 0.25) is 5.95 Å². The second-order valence-electron chi connectivity index (χ2n) is 6.77. The molecule has 150 valence electrons. The number of methoxy groups -OCH3 is 1. The molecule has 0 fully saturated rings.